The Balaban J connectivity index is 0.000000192. The number of anilines is 2. The minimum atomic E-state index is -5.29. The number of aliphatic hydroxyl groups is 5. The lowest BCUT2D eigenvalue weighted by Crippen LogP contribution is -2.33. The lowest BCUT2D eigenvalue weighted by molar-refractivity contribution is -0.0511. The predicted octanol–water partition coefficient (Wildman–Crippen LogP) is -3.73. The molecule has 4 aromatic heterocycles. The second-order valence-corrected chi connectivity index (χ2v) is 12.6. The number of aliphatic hydroxyl groups excluding tert-OH is 5. The molecule has 46 heavy (non-hydrogen) atoms. The normalized spacial score (nSPS) is 29.6. The zero-order valence-corrected chi connectivity index (χ0v) is 24.8. The van der Waals surface area contributed by atoms with Crippen LogP contribution in [0.5, 0.6) is 0 Å². The van der Waals surface area contributed by atoms with Crippen LogP contribution in [0, 0.1) is 0 Å². The third-order valence-electron chi connectivity index (χ3n) is 6.79. The van der Waals surface area contributed by atoms with Crippen molar-refractivity contribution in [1.29, 1.82) is 0 Å². The third kappa shape index (κ3) is 6.85. The fourth-order valence-corrected chi connectivity index (χ4v) is 6.24. The molecule has 0 spiro atoms. The van der Waals surface area contributed by atoms with Crippen LogP contribution in [0.15, 0.2) is 25.3 Å². The number of nitrogens with zero attached hydrogens (tertiary/aromatic N) is 8. The van der Waals surface area contributed by atoms with Gasteiger partial charge in [0.25, 0.3) is 0 Å². The fourth-order valence-electron chi connectivity index (χ4n) is 4.64. The summed E-state index contributed by atoms with van der Waals surface area (Å²) in [6.07, 6.45) is -4.62. The van der Waals surface area contributed by atoms with Gasteiger partial charge >= 0.3 is 15.6 Å². The van der Waals surface area contributed by atoms with E-state index < -0.39 is 77.9 Å². The van der Waals surface area contributed by atoms with Gasteiger partial charge in [0.1, 0.15) is 60.3 Å². The first-order chi connectivity index (χ1) is 21.6. The van der Waals surface area contributed by atoms with E-state index in [9.17, 15) is 34.4 Å². The highest BCUT2D eigenvalue weighted by Crippen LogP contribution is 2.57. The summed E-state index contributed by atoms with van der Waals surface area (Å²) < 4.78 is 43.7. The zero-order valence-electron chi connectivity index (χ0n) is 23.0. The summed E-state index contributed by atoms with van der Waals surface area (Å²) in [4.78, 5) is 50.0. The Kier molecular flexibility index (Phi) is 9.66. The zero-order chi connectivity index (χ0) is 33.6. The number of fused-ring (bicyclic) bond motifs is 2. The van der Waals surface area contributed by atoms with Crippen LogP contribution in [0.1, 0.15) is 12.5 Å². The van der Waals surface area contributed by atoms with Crippen molar-refractivity contribution < 1.29 is 67.7 Å². The summed E-state index contributed by atoms with van der Waals surface area (Å²) in [5, 5.41) is 49.0. The molecular weight excluding hydrogens is 666 g/mol. The lowest BCUT2D eigenvalue weighted by Gasteiger charge is -2.17. The minimum absolute atomic E-state index is 0.0856. The van der Waals surface area contributed by atoms with E-state index in [-0.39, 0.29) is 22.8 Å². The van der Waals surface area contributed by atoms with E-state index in [0.717, 1.165) is 6.33 Å². The van der Waals surface area contributed by atoms with Gasteiger partial charge in [-0.15, -0.1) is 0 Å². The predicted molar refractivity (Wildman–Crippen MR) is 147 cm³/mol. The number of ether oxygens (including phenoxy) is 2. The van der Waals surface area contributed by atoms with E-state index in [4.69, 9.17) is 35.8 Å². The van der Waals surface area contributed by atoms with Gasteiger partial charge in [-0.25, -0.2) is 39.0 Å². The number of nitrogen functional groups attached to an aromatic ring is 2. The fraction of sp³-hybridized carbons (Fsp3) is 0.500. The van der Waals surface area contributed by atoms with Crippen LogP contribution >= 0.6 is 15.6 Å². The maximum absolute atomic E-state index is 11.5. The maximum Gasteiger partial charge on any atom is 0.481 e. The van der Waals surface area contributed by atoms with Gasteiger partial charge < -0.3 is 61.2 Å². The number of phosphoric ester groups is 1. The average molecular weight is 694 g/mol. The Hall–Kier alpha value is -3.32. The summed E-state index contributed by atoms with van der Waals surface area (Å²) >= 11 is 0. The van der Waals surface area contributed by atoms with E-state index in [1.165, 1.54) is 28.1 Å². The molecule has 12 N–H and O–H groups in total. The summed E-state index contributed by atoms with van der Waals surface area (Å²) in [6.45, 7) is -1.20. The number of nitrogens with two attached hydrogens (primary N) is 2. The molecule has 26 heteroatoms. The van der Waals surface area contributed by atoms with Gasteiger partial charge in [0, 0.05) is 0 Å². The Bertz CT molecular complexity index is 1790. The van der Waals surface area contributed by atoms with Crippen molar-refractivity contribution in [2.45, 2.75) is 49.1 Å². The van der Waals surface area contributed by atoms with Crippen LogP contribution in [0.25, 0.3) is 22.3 Å². The quantitative estimate of drug-likeness (QED) is 0.0792. The molecular formula is C20H28N10O14P2. The van der Waals surface area contributed by atoms with Crippen LogP contribution in [0.4, 0.5) is 11.6 Å². The molecule has 252 valence electrons. The van der Waals surface area contributed by atoms with E-state index in [1.807, 2.05) is 0 Å². The monoisotopic (exact) mass is 694 g/mol. The van der Waals surface area contributed by atoms with Gasteiger partial charge in [0.2, 0.25) is 0 Å². The smallest absolute Gasteiger partial charge is 0.394 e. The summed E-state index contributed by atoms with van der Waals surface area (Å²) in [5.74, 6) is 0.304. The highest BCUT2D eigenvalue weighted by Gasteiger charge is 2.46. The van der Waals surface area contributed by atoms with Gasteiger partial charge in [0.05, 0.1) is 25.9 Å². The van der Waals surface area contributed by atoms with Crippen LogP contribution in [0.2, 0.25) is 0 Å². The molecule has 0 saturated carbocycles. The van der Waals surface area contributed by atoms with Crippen molar-refractivity contribution in [2.75, 3.05) is 24.7 Å². The van der Waals surface area contributed by atoms with Crippen LogP contribution in [0.3, 0.4) is 0 Å². The molecule has 0 amide bonds. The molecule has 2 fully saturated rings. The van der Waals surface area contributed by atoms with Crippen LogP contribution in [-0.2, 0) is 27.4 Å². The first-order valence-electron chi connectivity index (χ1n) is 12.9. The van der Waals surface area contributed by atoms with E-state index in [0.29, 0.717) is 11.2 Å². The molecule has 6 rings (SSSR count). The molecule has 2 aliphatic rings. The van der Waals surface area contributed by atoms with Gasteiger partial charge in [-0.2, -0.15) is 4.31 Å². The molecule has 2 saturated heterocycles. The SMILES string of the molecule is Nc1ncnc2c1ncn2[C@@H]1O[C@H](CO)[C@@H](O)[C@H]1O.Nc1ncnc2c1ncn2[C@@H]1O[C@H](COP(=O)(O)OP(=O)(O)O)[C@@H](O)[C@H]1O. The molecule has 6 heterocycles. The molecule has 0 aliphatic carbocycles. The summed E-state index contributed by atoms with van der Waals surface area (Å²) in [5.41, 5.74) is 12.6. The molecule has 2 aliphatic heterocycles. The van der Waals surface area contributed by atoms with E-state index in [2.05, 4.69) is 38.7 Å². The largest absolute Gasteiger partial charge is 0.481 e. The molecule has 0 radical (unpaired) electrons. The standard InChI is InChI=1S/C10H15N5O10P2.C10H13N5O4/c11-8-5-9(13-2-12-8)15(3-14-5)10-7(17)6(16)4(24-10)1-23-27(21,22)25-26(18,19)20;11-8-5-9(13-2-12-8)15(3-14-5)10-7(18)6(17)4(1-16)19-10/h2-4,6-7,10,16-17H,1H2,(H,21,22)(H2,11,12,13)(H2,18,19,20);2-4,6-7,10,16-18H,1H2,(H2,11,12,13)/t2*4-,6-,7-,10-/m11/s1. The second-order valence-electron chi connectivity index (χ2n) is 9.78. The highest BCUT2D eigenvalue weighted by molar-refractivity contribution is 7.60. The number of imidazole rings is 2. The molecule has 0 aromatic carbocycles. The second kappa shape index (κ2) is 13.1. The number of hydrogen-bond acceptors (Lipinski definition) is 19. The number of aromatic nitrogens is 8. The van der Waals surface area contributed by atoms with Gasteiger partial charge in [-0.05, 0) is 0 Å². The van der Waals surface area contributed by atoms with Crippen molar-refractivity contribution in [1.82, 2.24) is 39.0 Å². The van der Waals surface area contributed by atoms with Gasteiger partial charge in [0.15, 0.2) is 35.4 Å². The Morgan fingerprint density at radius 2 is 1.20 bits per heavy atom. The minimum Gasteiger partial charge on any atom is -0.394 e. The van der Waals surface area contributed by atoms with Crippen molar-refractivity contribution in [3.63, 3.8) is 0 Å². The molecule has 4 aromatic rings. The van der Waals surface area contributed by atoms with E-state index in [1.54, 1.807) is 0 Å². The third-order valence-corrected chi connectivity index (χ3v) is 8.94. The van der Waals surface area contributed by atoms with Gasteiger partial charge in [-0.1, -0.05) is 0 Å². The van der Waals surface area contributed by atoms with Crippen LogP contribution in [-0.4, -0.2) is 129 Å². The average Bonchev–Trinajstić information content (AvgIpc) is 3.74. The summed E-state index contributed by atoms with van der Waals surface area (Å²) in [6, 6.07) is 0. The first kappa shape index (κ1) is 34.0. The number of phosphoric acid groups is 2. The number of hydrogen-bond donors (Lipinski definition) is 10. The van der Waals surface area contributed by atoms with Crippen molar-refractivity contribution in [3.05, 3.63) is 25.3 Å². The highest BCUT2D eigenvalue weighted by atomic mass is 31.3. The molecule has 24 nitrogen and oxygen atoms in total. The Morgan fingerprint density at radius 1 is 0.739 bits per heavy atom. The maximum atomic E-state index is 11.5. The Labute approximate surface area is 255 Å². The van der Waals surface area contributed by atoms with E-state index >= 15 is 0 Å². The van der Waals surface area contributed by atoms with Gasteiger partial charge in [-0.3, -0.25) is 13.7 Å². The molecule has 1 unspecified atom stereocenters. The molecule has 0 bridgehead atoms. The molecule has 9 atom stereocenters. The van der Waals surface area contributed by atoms with Crippen LogP contribution < -0.4 is 11.5 Å². The topological polar surface area (TPSA) is 372 Å². The number of rotatable bonds is 8. The summed E-state index contributed by atoms with van der Waals surface area (Å²) in [7, 11) is -10.4. The first-order valence-corrected chi connectivity index (χ1v) is 15.9. The lowest BCUT2D eigenvalue weighted by atomic mass is 10.1. The van der Waals surface area contributed by atoms with Crippen molar-refractivity contribution in [3.8, 4) is 0 Å². The Morgan fingerprint density at radius 3 is 1.63 bits per heavy atom. The van der Waals surface area contributed by atoms with Crippen molar-refractivity contribution in [2.24, 2.45) is 0 Å². The van der Waals surface area contributed by atoms with Crippen molar-refractivity contribution >= 4 is 49.6 Å².